The molecule has 2 aliphatic heterocycles. The highest BCUT2D eigenvalue weighted by atomic mass is 32.9. The maximum absolute atomic E-state index is 15.6. The zero-order chi connectivity index (χ0) is 31.8. The van der Waals surface area contributed by atoms with E-state index in [4.69, 9.17) is 46.3 Å². The number of halogens is 1. The molecule has 24 heteroatoms. The lowest BCUT2D eigenvalue weighted by Crippen LogP contribution is -2.35. The van der Waals surface area contributed by atoms with Crippen LogP contribution in [0.25, 0.3) is 22.3 Å². The summed E-state index contributed by atoms with van der Waals surface area (Å²) in [5.41, 5.74) is 11.9. The number of aromatic nitrogens is 8. The Morgan fingerprint density at radius 2 is 1.96 bits per heavy atom. The first-order valence-corrected chi connectivity index (χ1v) is 18.7. The largest absolute Gasteiger partial charge is 0.395 e. The van der Waals surface area contributed by atoms with Gasteiger partial charge in [0, 0.05) is 0 Å². The summed E-state index contributed by atoms with van der Waals surface area (Å²) in [7, 11) is -0.568. The molecule has 6 rings (SSSR count). The molecule has 0 aliphatic carbocycles. The van der Waals surface area contributed by atoms with Crippen molar-refractivity contribution in [2.75, 3.05) is 31.5 Å². The van der Waals surface area contributed by atoms with Crippen LogP contribution in [-0.4, -0.2) is 105 Å². The van der Waals surface area contributed by atoms with E-state index in [0.29, 0.717) is 5.52 Å². The van der Waals surface area contributed by atoms with Crippen LogP contribution in [0.2, 0.25) is 0 Å². The lowest BCUT2D eigenvalue weighted by molar-refractivity contribution is -0.0917. The van der Waals surface area contributed by atoms with E-state index < -0.39 is 68.2 Å². The Bertz CT molecular complexity index is 1750. The van der Waals surface area contributed by atoms with Gasteiger partial charge in [0.2, 0.25) is 5.95 Å². The molecule has 0 aromatic carbocycles. The third-order valence-corrected chi connectivity index (χ3v) is 10.2. The fourth-order valence-corrected chi connectivity index (χ4v) is 8.15. The molecule has 4 aromatic heterocycles. The van der Waals surface area contributed by atoms with E-state index in [9.17, 15) is 15.0 Å². The summed E-state index contributed by atoms with van der Waals surface area (Å²) in [4.78, 5) is 35.1. The molecule has 7 N–H and O–H groups in total. The van der Waals surface area contributed by atoms with Gasteiger partial charge in [-0.15, -0.1) is 24.0 Å². The maximum Gasteiger partial charge on any atom is 0.280 e. The summed E-state index contributed by atoms with van der Waals surface area (Å²) >= 11 is 10.5. The van der Waals surface area contributed by atoms with Crippen molar-refractivity contribution >= 4 is 85.1 Å². The number of thioether (sulfide) groups is 1. The molecule has 10 atom stereocenters. The van der Waals surface area contributed by atoms with Crippen LogP contribution >= 0.6 is 39.2 Å². The molecular weight excluding hydrogens is 697 g/mol. The number of nitrogens with zero attached hydrogens (tertiary/aromatic N) is 7. The van der Waals surface area contributed by atoms with Crippen molar-refractivity contribution in [3.05, 3.63) is 29.3 Å². The smallest absolute Gasteiger partial charge is 0.280 e. The molecule has 0 spiro atoms. The van der Waals surface area contributed by atoms with Gasteiger partial charge >= 0.3 is 0 Å². The predicted octanol–water partition coefficient (Wildman–Crippen LogP) is 0.0321. The Labute approximate surface area is 269 Å². The van der Waals surface area contributed by atoms with Crippen molar-refractivity contribution in [1.82, 2.24) is 39.0 Å². The number of aliphatic hydroxyl groups excluding tert-OH is 2. The average Bonchev–Trinajstić information content (AvgIpc) is 3.76. The number of H-pyrrole nitrogens is 1. The monoisotopic (exact) mass is 724 g/mol. The van der Waals surface area contributed by atoms with E-state index in [1.165, 1.54) is 35.3 Å². The fourth-order valence-electron chi connectivity index (χ4n) is 5.06. The Morgan fingerprint density at radius 3 is 2.73 bits per heavy atom. The van der Waals surface area contributed by atoms with Crippen LogP contribution in [0.15, 0.2) is 23.8 Å². The minimum absolute atomic E-state index is 0.0617. The molecule has 45 heavy (non-hydrogen) atoms. The lowest BCUT2D eigenvalue weighted by Gasteiger charge is -2.23. The predicted molar refractivity (Wildman–Crippen MR) is 169 cm³/mol. The van der Waals surface area contributed by atoms with Gasteiger partial charge in [0.15, 0.2) is 50.9 Å². The van der Waals surface area contributed by atoms with Gasteiger partial charge in [-0.3, -0.25) is 18.9 Å². The highest BCUT2D eigenvalue weighted by Gasteiger charge is 2.48. The lowest BCUT2D eigenvalue weighted by atomic mass is 10.1. The van der Waals surface area contributed by atoms with Crippen molar-refractivity contribution in [2.45, 2.75) is 47.4 Å². The Balaban J connectivity index is 1.07. The quantitative estimate of drug-likeness (QED) is 0.0488. The van der Waals surface area contributed by atoms with E-state index in [1.807, 2.05) is 0 Å². The second-order valence-electron chi connectivity index (χ2n) is 9.74. The van der Waals surface area contributed by atoms with E-state index in [1.54, 1.807) is 4.57 Å². The van der Waals surface area contributed by atoms with E-state index in [-0.39, 0.29) is 48.6 Å². The first kappa shape index (κ1) is 32.9. The second-order valence-corrected chi connectivity index (χ2v) is 15.9. The Kier molecular flexibility index (Phi) is 10.2. The maximum atomic E-state index is 15.6. The number of nitrogens with two attached hydrogens (primary N) is 2. The molecule has 3 unspecified atom stereocenters. The molecule has 0 amide bonds. The first-order chi connectivity index (χ1) is 21.7. The number of rotatable bonds is 12. The van der Waals surface area contributed by atoms with Gasteiger partial charge in [-0.2, -0.15) is 4.98 Å². The standard InChI is InChI=1S/C21H27FN10O8P2S3/c22-9-13(40-42(43)44)7(39-19(9)31-4-27-10-15(23)25-3-26-16(10)31)2-37-41-38-6-36-14-12(34)8(1-33)45-20(14)32-5-28-11-17(32)29-21(24)30-18(11)35/h3-5,7-9,12-14,19-20,33-34,41-42H,1-2,6H2,(H,43,44)(H2,23,25,26)(H3,24,29,30,35)/t7-,8-,9+,12-,13?,14-,19-,20-/m1/s1. The number of hydrogen-bond acceptors (Lipinski definition) is 17. The molecule has 18 nitrogen and oxygen atoms in total. The van der Waals surface area contributed by atoms with Crippen LogP contribution in [0, 0.1) is 0 Å². The van der Waals surface area contributed by atoms with Crippen molar-refractivity contribution in [3.8, 4) is 0 Å². The molecule has 6 heterocycles. The van der Waals surface area contributed by atoms with Gasteiger partial charge < -0.3 is 44.7 Å². The highest BCUT2D eigenvalue weighted by molar-refractivity contribution is 8.54. The van der Waals surface area contributed by atoms with Crippen LogP contribution in [0.3, 0.4) is 0 Å². The summed E-state index contributed by atoms with van der Waals surface area (Å²) in [5, 5.41) is 19.4. The van der Waals surface area contributed by atoms with E-state index >= 15 is 4.39 Å². The molecule has 244 valence electrons. The number of nitrogen functional groups attached to an aromatic ring is 2. The topological polar surface area (TPSA) is 246 Å². The van der Waals surface area contributed by atoms with E-state index in [0.717, 1.165) is 0 Å². The number of thiol groups is 1. The van der Waals surface area contributed by atoms with Gasteiger partial charge in [-0.25, -0.2) is 24.3 Å². The Hall–Kier alpha value is -2.07. The van der Waals surface area contributed by atoms with Crippen LogP contribution in [0.5, 0.6) is 0 Å². The first-order valence-electron chi connectivity index (χ1n) is 13.1. The molecule has 0 saturated carbocycles. The van der Waals surface area contributed by atoms with Crippen molar-refractivity contribution in [1.29, 1.82) is 0 Å². The van der Waals surface area contributed by atoms with Gasteiger partial charge in [-0.05, 0) is 0 Å². The molecule has 2 fully saturated rings. The van der Waals surface area contributed by atoms with E-state index in [2.05, 4.69) is 42.2 Å². The summed E-state index contributed by atoms with van der Waals surface area (Å²) in [6.07, 6.45) is -4.79. The average molecular weight is 725 g/mol. The summed E-state index contributed by atoms with van der Waals surface area (Å²) in [6, 6.07) is 0. The minimum Gasteiger partial charge on any atom is -0.395 e. The summed E-state index contributed by atoms with van der Waals surface area (Å²) in [5.74, 6) is 0.0417. The van der Waals surface area contributed by atoms with Crippen LogP contribution in [0.1, 0.15) is 11.6 Å². The molecule has 2 saturated heterocycles. The van der Waals surface area contributed by atoms with Crippen molar-refractivity contribution in [2.24, 2.45) is 0 Å². The van der Waals surface area contributed by atoms with Crippen LogP contribution < -0.4 is 17.0 Å². The zero-order valence-electron chi connectivity index (χ0n) is 22.7. The number of anilines is 2. The highest BCUT2D eigenvalue weighted by Crippen LogP contribution is 2.45. The van der Waals surface area contributed by atoms with Crippen molar-refractivity contribution in [3.63, 3.8) is 0 Å². The van der Waals surface area contributed by atoms with Crippen molar-refractivity contribution < 1.29 is 37.6 Å². The number of ether oxygens (including phenoxy) is 2. The van der Waals surface area contributed by atoms with Crippen LogP contribution in [-0.2, 0) is 34.9 Å². The SMILES string of the molecule is Nc1nc2c(ncn2[C@@H]2S[C@H](CO)[C@@H](O)[C@H]2OCOPOC[C@H]2O[C@@H](n3cnc4c(N)ncnc43)[C@@H](F)C2O[PH](=S)S)c(=O)[nH]1. The second kappa shape index (κ2) is 14.0. The third-order valence-electron chi connectivity index (χ3n) is 7.07. The number of aromatic amines is 1. The number of nitrogens with one attached hydrogen (secondary N) is 1. The Morgan fingerprint density at radius 1 is 1.18 bits per heavy atom. The van der Waals surface area contributed by atoms with Gasteiger partial charge in [0.05, 0.1) is 37.2 Å². The minimum atomic E-state index is -2.02. The number of fused-ring (bicyclic) bond motifs is 2. The summed E-state index contributed by atoms with van der Waals surface area (Å²) < 4.78 is 47.1. The number of imidazole rings is 2. The van der Waals surface area contributed by atoms with Gasteiger partial charge in [-0.1, -0.05) is 11.8 Å². The molecule has 0 bridgehead atoms. The third kappa shape index (κ3) is 6.56. The summed E-state index contributed by atoms with van der Waals surface area (Å²) in [6.45, 7) is -0.759. The fraction of sp³-hybridized carbons (Fsp3) is 0.524. The number of hydrogen-bond donors (Lipinski definition) is 6. The van der Waals surface area contributed by atoms with Crippen LogP contribution in [0.4, 0.5) is 16.2 Å². The molecule has 4 aromatic rings. The molecule has 2 aliphatic rings. The van der Waals surface area contributed by atoms with Gasteiger partial charge in [0.1, 0.15) is 41.7 Å². The number of aliphatic hydroxyl groups is 2. The molecular formula is C21H27FN10O8P2S3. The van der Waals surface area contributed by atoms with Gasteiger partial charge in [0.25, 0.3) is 5.56 Å². The molecule has 0 radical (unpaired) electrons. The number of alkyl halides is 1. The zero-order valence-corrected chi connectivity index (χ0v) is 27.3. The normalized spacial score (nSPS) is 29.5.